The lowest BCUT2D eigenvalue weighted by atomic mass is 9.64. The Morgan fingerprint density at radius 3 is 2.43 bits per heavy atom. The Labute approximate surface area is 180 Å². The Kier molecular flexibility index (Phi) is 5.54. The molecule has 0 spiro atoms. The lowest BCUT2D eigenvalue weighted by Crippen LogP contribution is -2.59. The standard InChI is InChI=1S/C26H35NO3/c1-17-10-13-22(25(3,4)20-8-6-5-7-9-20)23(14-17)30-24(29)26(27-18(2)28)16-19-11-12-21(26)15-19/h5-9,11-12,17,19,21-23H,10,13-16H2,1-4H3,(H,27,28)/t17?,19-,21+,22?,23?,26-/m0/s1. The zero-order valence-corrected chi connectivity index (χ0v) is 18.7. The maximum absolute atomic E-state index is 13.6. The second-order valence-electron chi connectivity index (χ2n) is 10.4. The molecule has 3 aliphatic rings. The lowest BCUT2D eigenvalue weighted by molar-refractivity contribution is -0.167. The molecular weight excluding hydrogens is 374 g/mol. The predicted octanol–water partition coefficient (Wildman–Crippen LogP) is 4.78. The minimum absolute atomic E-state index is 0.0421. The van der Waals surface area contributed by atoms with Crippen LogP contribution in [0.5, 0.6) is 0 Å². The van der Waals surface area contributed by atoms with Gasteiger partial charge in [-0.05, 0) is 48.5 Å². The number of allylic oxidation sites excluding steroid dienone is 1. The van der Waals surface area contributed by atoms with Crippen LogP contribution in [0.3, 0.4) is 0 Å². The summed E-state index contributed by atoms with van der Waals surface area (Å²) in [7, 11) is 0. The molecule has 1 aromatic carbocycles. The van der Waals surface area contributed by atoms with Crippen LogP contribution >= 0.6 is 0 Å². The molecule has 30 heavy (non-hydrogen) atoms. The molecule has 2 bridgehead atoms. The number of esters is 1. The first-order valence-corrected chi connectivity index (χ1v) is 11.5. The summed E-state index contributed by atoms with van der Waals surface area (Å²) >= 11 is 0. The molecule has 0 saturated heterocycles. The van der Waals surface area contributed by atoms with Crippen LogP contribution in [0.25, 0.3) is 0 Å². The minimum atomic E-state index is -0.895. The average molecular weight is 410 g/mol. The van der Waals surface area contributed by atoms with E-state index < -0.39 is 5.54 Å². The van der Waals surface area contributed by atoms with Gasteiger partial charge in [-0.2, -0.15) is 0 Å². The van der Waals surface area contributed by atoms with Crippen LogP contribution in [-0.4, -0.2) is 23.5 Å². The van der Waals surface area contributed by atoms with Crippen molar-refractivity contribution in [2.24, 2.45) is 23.7 Å². The smallest absolute Gasteiger partial charge is 0.332 e. The number of hydrogen-bond acceptors (Lipinski definition) is 3. The molecular formula is C26H35NO3. The van der Waals surface area contributed by atoms with E-state index in [0.29, 0.717) is 18.3 Å². The monoisotopic (exact) mass is 409 g/mol. The molecule has 4 rings (SSSR count). The Hall–Kier alpha value is -2.10. The summed E-state index contributed by atoms with van der Waals surface area (Å²) in [5, 5.41) is 3.01. The van der Waals surface area contributed by atoms with Crippen LogP contribution in [0.15, 0.2) is 42.5 Å². The fourth-order valence-corrected chi connectivity index (χ4v) is 6.21. The first-order chi connectivity index (χ1) is 14.2. The van der Waals surface area contributed by atoms with Gasteiger partial charge in [-0.25, -0.2) is 4.79 Å². The maximum atomic E-state index is 13.6. The molecule has 0 aromatic heterocycles. The molecule has 2 fully saturated rings. The fraction of sp³-hybridized carbons (Fsp3) is 0.615. The lowest BCUT2D eigenvalue weighted by Gasteiger charge is -2.45. The highest BCUT2D eigenvalue weighted by molar-refractivity contribution is 5.89. The van der Waals surface area contributed by atoms with Crippen molar-refractivity contribution in [3.8, 4) is 0 Å². The van der Waals surface area contributed by atoms with Crippen LogP contribution in [0.1, 0.15) is 65.4 Å². The molecule has 1 N–H and O–H groups in total. The summed E-state index contributed by atoms with van der Waals surface area (Å²) in [5.74, 6) is 0.788. The van der Waals surface area contributed by atoms with E-state index in [1.807, 2.05) is 6.07 Å². The minimum Gasteiger partial charge on any atom is -0.460 e. The molecule has 1 amide bonds. The molecule has 1 aromatic rings. The van der Waals surface area contributed by atoms with Gasteiger partial charge in [-0.3, -0.25) is 4.79 Å². The summed E-state index contributed by atoms with van der Waals surface area (Å²) in [4.78, 5) is 25.6. The van der Waals surface area contributed by atoms with Crippen molar-refractivity contribution in [3.63, 3.8) is 0 Å². The Morgan fingerprint density at radius 2 is 1.83 bits per heavy atom. The van der Waals surface area contributed by atoms with E-state index in [9.17, 15) is 9.59 Å². The van der Waals surface area contributed by atoms with Gasteiger partial charge in [0.15, 0.2) is 0 Å². The third-order valence-corrected chi connectivity index (χ3v) is 7.91. The van der Waals surface area contributed by atoms with Gasteiger partial charge in [0.25, 0.3) is 0 Å². The highest BCUT2D eigenvalue weighted by atomic mass is 16.5. The molecule has 162 valence electrons. The van der Waals surface area contributed by atoms with Crippen molar-refractivity contribution in [2.45, 2.75) is 76.9 Å². The van der Waals surface area contributed by atoms with Gasteiger partial charge in [0.1, 0.15) is 11.6 Å². The van der Waals surface area contributed by atoms with Gasteiger partial charge in [0.2, 0.25) is 5.91 Å². The van der Waals surface area contributed by atoms with Gasteiger partial charge in [0.05, 0.1) is 0 Å². The zero-order chi connectivity index (χ0) is 21.5. The van der Waals surface area contributed by atoms with Gasteiger partial charge >= 0.3 is 5.97 Å². The van der Waals surface area contributed by atoms with Gasteiger partial charge in [-0.15, -0.1) is 0 Å². The van der Waals surface area contributed by atoms with Crippen LogP contribution in [-0.2, 0) is 19.7 Å². The van der Waals surface area contributed by atoms with Crippen molar-refractivity contribution in [1.29, 1.82) is 0 Å². The summed E-state index contributed by atoms with van der Waals surface area (Å²) in [6, 6.07) is 10.6. The first kappa shape index (κ1) is 21.1. The van der Waals surface area contributed by atoms with E-state index in [4.69, 9.17) is 4.74 Å². The number of amides is 1. The maximum Gasteiger partial charge on any atom is 0.332 e. The number of ether oxygens (including phenoxy) is 1. The third-order valence-electron chi connectivity index (χ3n) is 7.91. The molecule has 4 heteroatoms. The number of benzene rings is 1. The van der Waals surface area contributed by atoms with Gasteiger partial charge in [0, 0.05) is 18.8 Å². The highest BCUT2D eigenvalue weighted by Gasteiger charge is 2.56. The number of rotatable bonds is 5. The molecule has 6 atom stereocenters. The number of carbonyl (C=O) groups is 2. The third kappa shape index (κ3) is 3.70. The van der Waals surface area contributed by atoms with E-state index in [2.05, 4.69) is 62.5 Å². The van der Waals surface area contributed by atoms with E-state index in [-0.39, 0.29) is 35.2 Å². The Morgan fingerprint density at radius 1 is 1.10 bits per heavy atom. The second kappa shape index (κ2) is 7.86. The summed E-state index contributed by atoms with van der Waals surface area (Å²) in [6.45, 7) is 8.28. The summed E-state index contributed by atoms with van der Waals surface area (Å²) in [5.41, 5.74) is 0.292. The zero-order valence-electron chi connectivity index (χ0n) is 18.7. The quantitative estimate of drug-likeness (QED) is 0.562. The largest absolute Gasteiger partial charge is 0.460 e. The normalized spacial score (nSPS) is 35.3. The van der Waals surface area contributed by atoms with Crippen LogP contribution in [0, 0.1) is 23.7 Å². The van der Waals surface area contributed by atoms with Gasteiger partial charge in [-0.1, -0.05) is 69.7 Å². The van der Waals surface area contributed by atoms with Crippen molar-refractivity contribution < 1.29 is 14.3 Å². The van der Waals surface area contributed by atoms with Crippen molar-refractivity contribution in [2.75, 3.05) is 0 Å². The molecule has 2 saturated carbocycles. The molecule has 0 heterocycles. The van der Waals surface area contributed by atoms with Crippen LogP contribution < -0.4 is 5.32 Å². The first-order valence-electron chi connectivity index (χ1n) is 11.5. The average Bonchev–Trinajstić information content (AvgIpc) is 3.30. The van der Waals surface area contributed by atoms with Crippen molar-refractivity contribution in [1.82, 2.24) is 5.32 Å². The Bertz CT molecular complexity index is 830. The number of carbonyl (C=O) groups excluding carboxylic acids is 2. The van der Waals surface area contributed by atoms with Crippen molar-refractivity contribution >= 4 is 11.9 Å². The van der Waals surface area contributed by atoms with E-state index in [1.54, 1.807) is 0 Å². The van der Waals surface area contributed by atoms with E-state index in [0.717, 1.165) is 25.7 Å². The second-order valence-corrected chi connectivity index (χ2v) is 10.4. The molecule has 0 radical (unpaired) electrons. The molecule has 4 nitrogen and oxygen atoms in total. The number of fused-ring (bicyclic) bond motifs is 2. The van der Waals surface area contributed by atoms with Crippen LogP contribution in [0.2, 0.25) is 0 Å². The van der Waals surface area contributed by atoms with E-state index >= 15 is 0 Å². The molecule has 3 aliphatic carbocycles. The fourth-order valence-electron chi connectivity index (χ4n) is 6.21. The molecule has 0 aliphatic heterocycles. The van der Waals surface area contributed by atoms with Crippen LogP contribution in [0.4, 0.5) is 0 Å². The Balaban J connectivity index is 1.59. The SMILES string of the molecule is CC(=O)N[C@@]1(C(=O)OC2CC(C)CCC2C(C)(C)c2ccccc2)C[C@H]2C=C[C@@H]1C2. The topological polar surface area (TPSA) is 55.4 Å². The summed E-state index contributed by atoms with van der Waals surface area (Å²) < 4.78 is 6.34. The highest BCUT2D eigenvalue weighted by Crippen LogP contribution is 2.49. The number of hydrogen-bond donors (Lipinski definition) is 1. The van der Waals surface area contributed by atoms with Gasteiger partial charge < -0.3 is 10.1 Å². The van der Waals surface area contributed by atoms with Crippen molar-refractivity contribution in [3.05, 3.63) is 48.0 Å². The van der Waals surface area contributed by atoms with E-state index in [1.165, 1.54) is 12.5 Å². The predicted molar refractivity (Wildman–Crippen MR) is 118 cm³/mol. The number of nitrogens with one attached hydrogen (secondary N) is 1. The molecule has 3 unspecified atom stereocenters. The summed E-state index contributed by atoms with van der Waals surface area (Å²) in [6.07, 6.45) is 8.80.